The fraction of sp³-hybridized carbons (Fsp3) is 0.500. The second kappa shape index (κ2) is 4.91. The molecule has 0 aromatic heterocycles. The summed E-state index contributed by atoms with van der Waals surface area (Å²) in [6, 6.07) is 6.79. The summed E-state index contributed by atoms with van der Waals surface area (Å²) in [4.78, 5) is 38.8. The van der Waals surface area contributed by atoms with Crippen LogP contribution in [0.2, 0.25) is 0 Å². The number of ketones is 1. The third-order valence-corrected chi connectivity index (χ3v) is 5.28. The van der Waals surface area contributed by atoms with Crippen molar-refractivity contribution < 1.29 is 14.4 Å². The van der Waals surface area contributed by atoms with E-state index >= 15 is 0 Å². The maximum atomic E-state index is 12.9. The molecule has 1 aromatic rings. The first-order chi connectivity index (χ1) is 11.0. The molecule has 1 N–H and O–H groups in total. The first-order valence-electron chi connectivity index (χ1n) is 8.26. The molecule has 1 aliphatic heterocycles. The molecule has 0 unspecified atom stereocenters. The monoisotopic (exact) mass is 312 g/mol. The quantitative estimate of drug-likeness (QED) is 0.670. The molecule has 2 saturated carbocycles. The van der Waals surface area contributed by atoms with Crippen LogP contribution in [-0.2, 0) is 4.79 Å². The van der Waals surface area contributed by atoms with Crippen molar-refractivity contribution in [3.63, 3.8) is 0 Å². The highest BCUT2D eigenvalue weighted by Gasteiger charge is 2.65. The Morgan fingerprint density at radius 3 is 2.22 bits per heavy atom. The van der Waals surface area contributed by atoms with Crippen molar-refractivity contribution in [2.24, 2.45) is 11.8 Å². The molecule has 23 heavy (non-hydrogen) atoms. The molecule has 2 aliphatic carbocycles. The number of urea groups is 1. The third-order valence-electron chi connectivity index (χ3n) is 5.28. The van der Waals surface area contributed by atoms with Gasteiger partial charge in [0.25, 0.3) is 5.91 Å². The van der Waals surface area contributed by atoms with Gasteiger partial charge >= 0.3 is 6.03 Å². The number of rotatable bonds is 5. The number of aryl methyl sites for hydroxylation is 1. The molecule has 0 bridgehead atoms. The first-order valence-corrected chi connectivity index (χ1v) is 8.26. The van der Waals surface area contributed by atoms with Gasteiger partial charge in [0.15, 0.2) is 5.78 Å². The van der Waals surface area contributed by atoms with Crippen molar-refractivity contribution in [2.75, 3.05) is 6.54 Å². The van der Waals surface area contributed by atoms with E-state index in [0.717, 1.165) is 36.1 Å². The van der Waals surface area contributed by atoms with Crippen LogP contribution in [0.15, 0.2) is 24.3 Å². The van der Waals surface area contributed by atoms with Crippen LogP contribution < -0.4 is 5.32 Å². The van der Waals surface area contributed by atoms with Crippen LogP contribution >= 0.6 is 0 Å². The van der Waals surface area contributed by atoms with Crippen molar-refractivity contribution >= 4 is 17.7 Å². The van der Waals surface area contributed by atoms with Crippen LogP contribution in [0.3, 0.4) is 0 Å². The van der Waals surface area contributed by atoms with E-state index in [1.165, 1.54) is 0 Å². The fourth-order valence-corrected chi connectivity index (χ4v) is 3.70. The van der Waals surface area contributed by atoms with E-state index in [9.17, 15) is 14.4 Å². The van der Waals surface area contributed by atoms with Gasteiger partial charge in [-0.3, -0.25) is 14.5 Å². The highest BCUT2D eigenvalue weighted by atomic mass is 16.2. The lowest BCUT2D eigenvalue weighted by Crippen LogP contribution is -2.51. The maximum absolute atomic E-state index is 12.9. The average Bonchev–Trinajstić information content (AvgIpc) is 3.42. The van der Waals surface area contributed by atoms with E-state index < -0.39 is 11.6 Å². The van der Waals surface area contributed by atoms with Gasteiger partial charge in [0.2, 0.25) is 0 Å². The van der Waals surface area contributed by atoms with E-state index in [1.54, 1.807) is 12.1 Å². The predicted molar refractivity (Wildman–Crippen MR) is 83.9 cm³/mol. The van der Waals surface area contributed by atoms with E-state index in [0.29, 0.717) is 5.56 Å². The number of hydrogen-bond acceptors (Lipinski definition) is 3. The number of Topliss-reactive ketones (excluding diaryl/α,β-unsaturated/α-hetero) is 1. The fourth-order valence-electron chi connectivity index (χ4n) is 3.70. The lowest BCUT2D eigenvalue weighted by atomic mass is 9.87. The number of amides is 3. The highest BCUT2D eigenvalue weighted by molar-refractivity contribution is 6.11. The Bertz CT molecular complexity index is 675. The third kappa shape index (κ3) is 2.26. The molecule has 3 fully saturated rings. The van der Waals surface area contributed by atoms with Crippen LogP contribution in [0, 0.1) is 18.8 Å². The highest BCUT2D eigenvalue weighted by Crippen LogP contribution is 2.54. The van der Waals surface area contributed by atoms with Crippen LogP contribution in [0.4, 0.5) is 4.79 Å². The van der Waals surface area contributed by atoms with Gasteiger partial charge in [-0.2, -0.15) is 0 Å². The van der Waals surface area contributed by atoms with Gasteiger partial charge in [-0.05, 0) is 44.4 Å². The van der Waals surface area contributed by atoms with Crippen molar-refractivity contribution in [1.29, 1.82) is 0 Å². The zero-order chi connectivity index (χ0) is 16.2. The standard InChI is InChI=1S/C18H20N2O3/c1-11-2-4-12(5-3-11)15(21)10-20-16(22)18(13-6-7-13,14-8-9-14)19-17(20)23/h2-5,13-14H,6-10H2,1H3,(H,19,23). The molecular formula is C18H20N2O3. The van der Waals surface area contributed by atoms with E-state index in [2.05, 4.69) is 5.32 Å². The molecule has 1 saturated heterocycles. The summed E-state index contributed by atoms with van der Waals surface area (Å²) in [6.45, 7) is 1.78. The van der Waals surface area contributed by atoms with Crippen LogP contribution in [0.1, 0.15) is 41.6 Å². The Kier molecular flexibility index (Phi) is 3.08. The molecule has 0 spiro atoms. The van der Waals surface area contributed by atoms with Crippen LogP contribution in [0.5, 0.6) is 0 Å². The molecule has 3 aliphatic rings. The molecule has 5 nitrogen and oxygen atoms in total. The molecule has 0 radical (unpaired) electrons. The van der Waals surface area contributed by atoms with E-state index in [-0.39, 0.29) is 30.1 Å². The summed E-state index contributed by atoms with van der Waals surface area (Å²) in [7, 11) is 0. The number of imide groups is 1. The maximum Gasteiger partial charge on any atom is 0.325 e. The molecule has 120 valence electrons. The summed E-state index contributed by atoms with van der Waals surface area (Å²) in [5.74, 6) is 0.126. The number of hydrogen-bond donors (Lipinski definition) is 1. The van der Waals surface area contributed by atoms with Crippen molar-refractivity contribution in [2.45, 2.75) is 38.1 Å². The summed E-state index contributed by atoms with van der Waals surface area (Å²) >= 11 is 0. The lowest BCUT2D eigenvalue weighted by molar-refractivity contribution is -0.132. The topological polar surface area (TPSA) is 66.5 Å². The average molecular weight is 312 g/mol. The van der Waals surface area contributed by atoms with E-state index in [4.69, 9.17) is 0 Å². The normalized spacial score (nSPS) is 23.1. The van der Waals surface area contributed by atoms with Gasteiger partial charge in [-0.1, -0.05) is 29.8 Å². The van der Waals surface area contributed by atoms with Crippen LogP contribution in [0.25, 0.3) is 0 Å². The Balaban J connectivity index is 1.55. The van der Waals surface area contributed by atoms with Gasteiger partial charge in [0.1, 0.15) is 5.54 Å². The predicted octanol–water partition coefficient (Wildman–Crippen LogP) is 2.29. The van der Waals surface area contributed by atoms with Crippen molar-refractivity contribution in [3.8, 4) is 0 Å². The molecule has 5 heteroatoms. The molecule has 0 atom stereocenters. The molecule has 3 amide bonds. The van der Waals surface area contributed by atoms with Gasteiger partial charge in [-0.15, -0.1) is 0 Å². The number of nitrogens with one attached hydrogen (secondary N) is 1. The Hall–Kier alpha value is -2.17. The minimum Gasteiger partial charge on any atom is -0.323 e. The molecule has 4 rings (SSSR count). The summed E-state index contributed by atoms with van der Waals surface area (Å²) < 4.78 is 0. The van der Waals surface area contributed by atoms with E-state index in [1.807, 2.05) is 19.1 Å². The smallest absolute Gasteiger partial charge is 0.323 e. The largest absolute Gasteiger partial charge is 0.325 e. The van der Waals surface area contributed by atoms with Crippen molar-refractivity contribution in [3.05, 3.63) is 35.4 Å². The number of carbonyl (C=O) groups is 3. The first kappa shape index (κ1) is 14.4. The number of carbonyl (C=O) groups excluding carboxylic acids is 3. The second-order valence-corrected chi connectivity index (χ2v) is 7.03. The number of nitrogens with zero attached hydrogens (tertiary/aromatic N) is 1. The van der Waals surface area contributed by atoms with Gasteiger partial charge in [-0.25, -0.2) is 4.79 Å². The summed E-state index contributed by atoms with van der Waals surface area (Å²) in [6.07, 6.45) is 3.95. The van der Waals surface area contributed by atoms with Gasteiger partial charge in [0, 0.05) is 5.56 Å². The summed E-state index contributed by atoms with van der Waals surface area (Å²) in [5.41, 5.74) is 0.884. The van der Waals surface area contributed by atoms with Gasteiger partial charge < -0.3 is 5.32 Å². The molecular weight excluding hydrogens is 292 g/mol. The van der Waals surface area contributed by atoms with Crippen LogP contribution in [-0.4, -0.2) is 34.7 Å². The molecule has 1 heterocycles. The Morgan fingerprint density at radius 2 is 1.70 bits per heavy atom. The van der Waals surface area contributed by atoms with Gasteiger partial charge in [0.05, 0.1) is 6.54 Å². The number of benzene rings is 1. The minimum absolute atomic E-state index is 0.172. The zero-order valence-corrected chi connectivity index (χ0v) is 13.2. The zero-order valence-electron chi connectivity index (χ0n) is 13.2. The Morgan fingerprint density at radius 1 is 1.13 bits per heavy atom. The lowest BCUT2D eigenvalue weighted by Gasteiger charge is -2.26. The van der Waals surface area contributed by atoms with Crippen molar-refractivity contribution in [1.82, 2.24) is 10.2 Å². The summed E-state index contributed by atoms with van der Waals surface area (Å²) in [5, 5.41) is 2.94. The minimum atomic E-state index is -0.718. The molecule has 1 aromatic carbocycles. The SMILES string of the molecule is Cc1ccc(C(=O)CN2C(=O)NC(C3CC3)(C3CC3)C2=O)cc1. The Labute approximate surface area is 135 Å². The second-order valence-electron chi connectivity index (χ2n) is 7.03.